The molecule has 0 fully saturated rings. The molecule has 0 bridgehead atoms. The Hall–Kier alpha value is -2.70. The van der Waals surface area contributed by atoms with Crippen molar-refractivity contribution in [3.8, 4) is 16.9 Å². The number of ether oxygens (including phenoxy) is 2. The molecule has 7 heteroatoms. The molecule has 5 nitrogen and oxygen atoms in total. The van der Waals surface area contributed by atoms with Gasteiger partial charge in [-0.05, 0) is 31.5 Å². The number of pyridine rings is 1. The van der Waals surface area contributed by atoms with Crippen molar-refractivity contribution >= 4 is 5.97 Å². The first kappa shape index (κ1) is 17.7. The molecule has 0 radical (unpaired) electrons. The maximum atomic E-state index is 13.6. The Kier molecular flexibility index (Phi) is 5.02. The topological polar surface area (TPSA) is 57.5 Å². The van der Waals surface area contributed by atoms with E-state index in [1.54, 1.807) is 13.8 Å². The van der Waals surface area contributed by atoms with E-state index < -0.39 is 23.2 Å². The second-order valence-electron chi connectivity index (χ2n) is 5.11. The van der Waals surface area contributed by atoms with Crippen molar-refractivity contribution in [2.45, 2.75) is 13.8 Å². The van der Waals surface area contributed by atoms with Crippen molar-refractivity contribution in [2.75, 3.05) is 13.7 Å². The largest absolute Gasteiger partial charge is 0.490 e. The van der Waals surface area contributed by atoms with E-state index in [4.69, 9.17) is 9.47 Å². The SMILES string of the molecule is CCOC(=O)c1c(-c2cc(F)cc(F)c2)c(C)n(C)c(=O)c1OC. The van der Waals surface area contributed by atoms with Crippen LogP contribution in [-0.4, -0.2) is 24.3 Å². The zero-order valence-corrected chi connectivity index (χ0v) is 13.8. The minimum Gasteiger partial charge on any atom is -0.490 e. The number of aromatic nitrogens is 1. The summed E-state index contributed by atoms with van der Waals surface area (Å²) in [6.07, 6.45) is 0. The monoisotopic (exact) mass is 337 g/mol. The average Bonchev–Trinajstić information content (AvgIpc) is 2.51. The van der Waals surface area contributed by atoms with Crippen molar-refractivity contribution in [3.63, 3.8) is 0 Å². The first-order valence-electron chi connectivity index (χ1n) is 7.22. The van der Waals surface area contributed by atoms with E-state index in [1.165, 1.54) is 18.7 Å². The fourth-order valence-electron chi connectivity index (χ4n) is 2.51. The van der Waals surface area contributed by atoms with Gasteiger partial charge in [-0.25, -0.2) is 13.6 Å². The van der Waals surface area contributed by atoms with Crippen molar-refractivity contribution in [3.05, 3.63) is 51.4 Å². The number of nitrogens with zero attached hydrogens (tertiary/aromatic N) is 1. The maximum Gasteiger partial charge on any atom is 0.342 e. The molecule has 1 heterocycles. The van der Waals surface area contributed by atoms with Crippen molar-refractivity contribution in [2.24, 2.45) is 7.05 Å². The maximum absolute atomic E-state index is 13.6. The van der Waals surface area contributed by atoms with Crippen LogP contribution in [0.4, 0.5) is 8.78 Å². The van der Waals surface area contributed by atoms with E-state index in [2.05, 4.69) is 0 Å². The van der Waals surface area contributed by atoms with Gasteiger partial charge in [-0.1, -0.05) is 0 Å². The Morgan fingerprint density at radius 1 is 1.21 bits per heavy atom. The van der Waals surface area contributed by atoms with Crippen LogP contribution in [0.15, 0.2) is 23.0 Å². The molecule has 0 aliphatic carbocycles. The molecule has 0 saturated carbocycles. The molecular formula is C17H17F2NO4. The van der Waals surface area contributed by atoms with Gasteiger partial charge in [-0.2, -0.15) is 0 Å². The summed E-state index contributed by atoms with van der Waals surface area (Å²) in [5, 5.41) is 0. The molecule has 0 amide bonds. The predicted molar refractivity (Wildman–Crippen MR) is 84.3 cm³/mol. The number of benzene rings is 1. The minimum atomic E-state index is -0.799. The molecule has 0 atom stereocenters. The van der Waals surface area contributed by atoms with Crippen LogP contribution in [0.25, 0.3) is 11.1 Å². The summed E-state index contributed by atoms with van der Waals surface area (Å²) in [5.74, 6) is -2.63. The molecule has 0 aliphatic heterocycles. The summed E-state index contributed by atoms with van der Waals surface area (Å²) >= 11 is 0. The third kappa shape index (κ3) is 3.02. The van der Waals surface area contributed by atoms with Gasteiger partial charge in [-0.15, -0.1) is 0 Å². The van der Waals surface area contributed by atoms with E-state index in [1.807, 2.05) is 0 Å². The summed E-state index contributed by atoms with van der Waals surface area (Å²) in [6.45, 7) is 3.26. The number of esters is 1. The molecule has 24 heavy (non-hydrogen) atoms. The first-order valence-corrected chi connectivity index (χ1v) is 7.22. The second kappa shape index (κ2) is 6.82. The highest BCUT2D eigenvalue weighted by atomic mass is 19.1. The number of hydrogen-bond donors (Lipinski definition) is 0. The third-order valence-corrected chi connectivity index (χ3v) is 3.68. The van der Waals surface area contributed by atoms with Gasteiger partial charge < -0.3 is 14.0 Å². The normalized spacial score (nSPS) is 10.6. The molecule has 0 aliphatic rings. The Balaban J connectivity index is 2.94. The molecule has 0 unspecified atom stereocenters. The molecule has 2 aromatic rings. The van der Waals surface area contributed by atoms with E-state index in [0.29, 0.717) is 5.69 Å². The third-order valence-electron chi connectivity index (χ3n) is 3.68. The summed E-state index contributed by atoms with van der Waals surface area (Å²) < 4.78 is 38.6. The standard InChI is InChI=1S/C17H17F2NO4/c1-5-24-17(22)14-13(10-6-11(18)8-12(19)7-10)9(2)20(3)16(21)15(14)23-4/h6-8H,5H2,1-4H3. The van der Waals surface area contributed by atoms with Gasteiger partial charge in [0.15, 0.2) is 5.75 Å². The molecule has 1 aromatic heterocycles. The number of carbonyl (C=O) groups excluding carboxylic acids is 1. The van der Waals surface area contributed by atoms with Crippen LogP contribution >= 0.6 is 0 Å². The number of hydrogen-bond acceptors (Lipinski definition) is 4. The fourth-order valence-corrected chi connectivity index (χ4v) is 2.51. The van der Waals surface area contributed by atoms with E-state index in [0.717, 1.165) is 18.2 Å². The van der Waals surface area contributed by atoms with E-state index in [-0.39, 0.29) is 29.0 Å². The fraction of sp³-hybridized carbons (Fsp3) is 0.294. The number of carbonyl (C=O) groups is 1. The lowest BCUT2D eigenvalue weighted by Crippen LogP contribution is -2.26. The smallest absolute Gasteiger partial charge is 0.342 e. The highest BCUT2D eigenvalue weighted by molar-refractivity contribution is 6.00. The van der Waals surface area contributed by atoms with Crippen LogP contribution in [0.5, 0.6) is 5.75 Å². The zero-order chi connectivity index (χ0) is 18.0. The van der Waals surface area contributed by atoms with Crippen LogP contribution in [0, 0.1) is 18.6 Å². The van der Waals surface area contributed by atoms with Crippen LogP contribution in [0.3, 0.4) is 0 Å². The van der Waals surface area contributed by atoms with Gasteiger partial charge in [0.25, 0.3) is 5.56 Å². The van der Waals surface area contributed by atoms with Crippen molar-refractivity contribution in [1.82, 2.24) is 4.57 Å². The molecule has 1 aromatic carbocycles. The molecule has 0 saturated heterocycles. The molecule has 0 spiro atoms. The summed E-state index contributed by atoms with van der Waals surface area (Å²) in [7, 11) is 2.72. The van der Waals surface area contributed by atoms with Crippen LogP contribution in [-0.2, 0) is 11.8 Å². The van der Waals surface area contributed by atoms with Crippen LogP contribution < -0.4 is 10.3 Å². The summed E-state index contributed by atoms with van der Waals surface area (Å²) in [4.78, 5) is 24.7. The van der Waals surface area contributed by atoms with E-state index in [9.17, 15) is 18.4 Å². The zero-order valence-electron chi connectivity index (χ0n) is 13.8. The Labute approximate surface area is 137 Å². The lowest BCUT2D eigenvalue weighted by Gasteiger charge is -2.18. The Bertz CT molecular complexity index is 838. The molecule has 2 rings (SSSR count). The Morgan fingerprint density at radius 3 is 2.29 bits per heavy atom. The van der Waals surface area contributed by atoms with Crippen LogP contribution in [0.2, 0.25) is 0 Å². The quantitative estimate of drug-likeness (QED) is 0.805. The molecular weight excluding hydrogens is 320 g/mol. The molecule has 128 valence electrons. The number of rotatable bonds is 4. The van der Waals surface area contributed by atoms with Gasteiger partial charge in [0.05, 0.1) is 13.7 Å². The van der Waals surface area contributed by atoms with Crippen LogP contribution in [0.1, 0.15) is 23.0 Å². The van der Waals surface area contributed by atoms with Crippen molar-refractivity contribution < 1.29 is 23.0 Å². The van der Waals surface area contributed by atoms with Gasteiger partial charge in [0.2, 0.25) is 0 Å². The highest BCUT2D eigenvalue weighted by Gasteiger charge is 2.27. The number of halogens is 2. The lowest BCUT2D eigenvalue weighted by molar-refractivity contribution is 0.0523. The minimum absolute atomic E-state index is 0.0766. The second-order valence-corrected chi connectivity index (χ2v) is 5.11. The molecule has 0 N–H and O–H groups in total. The van der Waals surface area contributed by atoms with Gasteiger partial charge in [0.1, 0.15) is 17.2 Å². The van der Waals surface area contributed by atoms with E-state index >= 15 is 0 Å². The summed E-state index contributed by atoms with van der Waals surface area (Å²) in [6, 6.07) is 2.89. The van der Waals surface area contributed by atoms with Gasteiger partial charge >= 0.3 is 5.97 Å². The predicted octanol–water partition coefficient (Wildman–Crippen LogP) is 2.82. The average molecular weight is 337 g/mol. The lowest BCUT2D eigenvalue weighted by atomic mass is 9.97. The van der Waals surface area contributed by atoms with Crippen molar-refractivity contribution in [1.29, 1.82) is 0 Å². The van der Waals surface area contributed by atoms with Gasteiger partial charge in [0, 0.05) is 24.4 Å². The Morgan fingerprint density at radius 2 is 1.79 bits per heavy atom. The van der Waals surface area contributed by atoms with Gasteiger partial charge in [-0.3, -0.25) is 4.79 Å². The first-order chi connectivity index (χ1) is 11.3. The number of methoxy groups -OCH3 is 1. The summed E-state index contributed by atoms with van der Waals surface area (Å²) in [5.41, 5.74) is -0.0368. The highest BCUT2D eigenvalue weighted by Crippen LogP contribution is 2.33.